The number of nitrogens with zero attached hydrogens (tertiary/aromatic N) is 3. The third-order valence-corrected chi connectivity index (χ3v) is 4.44. The van der Waals surface area contributed by atoms with Gasteiger partial charge in [-0.3, -0.25) is 9.48 Å². The average Bonchev–Trinajstić information content (AvgIpc) is 2.97. The lowest BCUT2D eigenvalue weighted by Gasteiger charge is -2.37. The molecule has 2 aromatic rings. The van der Waals surface area contributed by atoms with E-state index in [9.17, 15) is 4.79 Å². The molecule has 1 atom stereocenters. The normalized spacial score (nSPS) is 17.4. The van der Waals surface area contributed by atoms with Crippen LogP contribution in [0.4, 0.5) is 0 Å². The smallest absolute Gasteiger partial charge is 0.224 e. The van der Waals surface area contributed by atoms with Crippen LogP contribution in [0.5, 0.6) is 0 Å². The minimum absolute atomic E-state index is 0.219. The van der Waals surface area contributed by atoms with Crippen LogP contribution in [0.2, 0.25) is 0 Å². The molecule has 0 bridgehead atoms. The molecule has 0 saturated heterocycles. The van der Waals surface area contributed by atoms with Crippen LogP contribution in [-0.2, 0) is 17.8 Å². The molecular weight excluding hydrogens is 274 g/mol. The molecule has 2 heterocycles. The molecule has 0 aliphatic carbocycles. The lowest BCUT2D eigenvalue weighted by molar-refractivity contribution is -0.134. The maximum absolute atomic E-state index is 12.6. The first-order valence-corrected chi connectivity index (χ1v) is 8.05. The molecule has 3 rings (SSSR count). The van der Waals surface area contributed by atoms with Crippen LogP contribution in [0.25, 0.3) is 0 Å². The number of carbonyl (C=O) groups excluding carboxylic acids is 1. The summed E-state index contributed by atoms with van der Waals surface area (Å²) in [6, 6.07) is 8.73. The zero-order valence-corrected chi connectivity index (χ0v) is 13.3. The summed E-state index contributed by atoms with van der Waals surface area (Å²) in [5.41, 5.74) is 3.84. The Labute approximate surface area is 131 Å². The van der Waals surface area contributed by atoms with Crippen molar-refractivity contribution in [2.75, 3.05) is 6.54 Å². The summed E-state index contributed by atoms with van der Waals surface area (Å²) >= 11 is 0. The fourth-order valence-corrected chi connectivity index (χ4v) is 3.33. The highest BCUT2D eigenvalue weighted by atomic mass is 16.2. The molecule has 0 N–H and O–H groups in total. The Kier molecular flexibility index (Phi) is 4.27. The quantitative estimate of drug-likeness (QED) is 0.869. The van der Waals surface area contributed by atoms with Gasteiger partial charge in [-0.05, 0) is 36.5 Å². The highest BCUT2D eigenvalue weighted by Gasteiger charge is 2.28. The van der Waals surface area contributed by atoms with Crippen LogP contribution in [-0.4, -0.2) is 27.1 Å². The SMILES string of the molecule is CC[C@H]1c2ccccc2CCN1C(=O)CCn1cc(C)cn1. The highest BCUT2D eigenvalue weighted by molar-refractivity contribution is 5.77. The van der Waals surface area contributed by atoms with Crippen molar-refractivity contribution >= 4 is 5.91 Å². The first-order valence-electron chi connectivity index (χ1n) is 8.05. The van der Waals surface area contributed by atoms with E-state index in [4.69, 9.17) is 0 Å². The standard InChI is InChI=1S/C18H23N3O/c1-3-17-16-7-5-4-6-15(16)8-11-21(17)18(22)9-10-20-13-14(2)12-19-20/h4-7,12-13,17H,3,8-11H2,1-2H3/t17-/m0/s1. The number of amides is 1. The molecule has 1 amide bonds. The number of aromatic nitrogens is 2. The molecule has 1 aromatic heterocycles. The van der Waals surface area contributed by atoms with Crippen molar-refractivity contribution < 1.29 is 4.79 Å². The Bertz CT molecular complexity index is 662. The second-order valence-electron chi connectivity index (χ2n) is 5.99. The summed E-state index contributed by atoms with van der Waals surface area (Å²) in [7, 11) is 0. The number of hydrogen-bond donors (Lipinski definition) is 0. The van der Waals surface area contributed by atoms with Crippen LogP contribution < -0.4 is 0 Å². The van der Waals surface area contributed by atoms with Crippen molar-refractivity contribution in [1.82, 2.24) is 14.7 Å². The zero-order chi connectivity index (χ0) is 15.5. The molecule has 0 unspecified atom stereocenters. The Hall–Kier alpha value is -2.10. The van der Waals surface area contributed by atoms with E-state index >= 15 is 0 Å². The van der Waals surface area contributed by atoms with E-state index in [-0.39, 0.29) is 11.9 Å². The Morgan fingerprint density at radius 1 is 1.36 bits per heavy atom. The number of hydrogen-bond acceptors (Lipinski definition) is 2. The van der Waals surface area contributed by atoms with Gasteiger partial charge in [-0.25, -0.2) is 0 Å². The monoisotopic (exact) mass is 297 g/mol. The number of aryl methyl sites for hydroxylation is 2. The maximum atomic E-state index is 12.6. The summed E-state index contributed by atoms with van der Waals surface area (Å²) in [4.78, 5) is 14.7. The van der Waals surface area contributed by atoms with E-state index < -0.39 is 0 Å². The summed E-state index contributed by atoms with van der Waals surface area (Å²) in [6.07, 6.45) is 6.25. The molecule has 116 valence electrons. The van der Waals surface area contributed by atoms with E-state index in [0.717, 1.165) is 24.9 Å². The van der Waals surface area contributed by atoms with Crippen LogP contribution in [0.15, 0.2) is 36.7 Å². The minimum atomic E-state index is 0.219. The van der Waals surface area contributed by atoms with E-state index in [2.05, 4.69) is 41.2 Å². The van der Waals surface area contributed by atoms with E-state index in [1.165, 1.54) is 11.1 Å². The number of rotatable bonds is 4. The van der Waals surface area contributed by atoms with Gasteiger partial charge < -0.3 is 4.90 Å². The summed E-state index contributed by atoms with van der Waals surface area (Å²) in [5, 5.41) is 4.25. The van der Waals surface area contributed by atoms with Gasteiger partial charge in [0.25, 0.3) is 0 Å². The summed E-state index contributed by atoms with van der Waals surface area (Å²) < 4.78 is 1.85. The fourth-order valence-electron chi connectivity index (χ4n) is 3.33. The maximum Gasteiger partial charge on any atom is 0.224 e. The fraction of sp³-hybridized carbons (Fsp3) is 0.444. The topological polar surface area (TPSA) is 38.1 Å². The Morgan fingerprint density at radius 3 is 2.91 bits per heavy atom. The van der Waals surface area contributed by atoms with Crippen molar-refractivity contribution in [2.45, 2.75) is 45.7 Å². The van der Waals surface area contributed by atoms with Gasteiger partial charge in [0.15, 0.2) is 0 Å². The van der Waals surface area contributed by atoms with Crippen molar-refractivity contribution in [3.8, 4) is 0 Å². The molecule has 0 saturated carbocycles. The predicted octanol–water partition coefficient (Wildman–Crippen LogP) is 3.12. The number of benzene rings is 1. The van der Waals surface area contributed by atoms with Crippen molar-refractivity contribution in [1.29, 1.82) is 0 Å². The van der Waals surface area contributed by atoms with Gasteiger partial charge >= 0.3 is 0 Å². The zero-order valence-electron chi connectivity index (χ0n) is 13.3. The van der Waals surface area contributed by atoms with Crippen molar-refractivity contribution in [3.05, 3.63) is 53.3 Å². The van der Waals surface area contributed by atoms with Crippen LogP contribution >= 0.6 is 0 Å². The van der Waals surface area contributed by atoms with Crippen molar-refractivity contribution in [3.63, 3.8) is 0 Å². The Balaban J connectivity index is 1.70. The van der Waals surface area contributed by atoms with Crippen molar-refractivity contribution in [2.24, 2.45) is 0 Å². The van der Waals surface area contributed by atoms with E-state index in [1.54, 1.807) is 0 Å². The van der Waals surface area contributed by atoms with Crippen LogP contribution in [0, 0.1) is 6.92 Å². The predicted molar refractivity (Wildman–Crippen MR) is 86.5 cm³/mol. The molecular formula is C18H23N3O. The molecule has 22 heavy (non-hydrogen) atoms. The molecule has 0 spiro atoms. The first-order chi connectivity index (χ1) is 10.7. The molecule has 0 fully saturated rings. The lowest BCUT2D eigenvalue weighted by atomic mass is 9.91. The summed E-state index contributed by atoms with van der Waals surface area (Å²) in [5.74, 6) is 0.231. The van der Waals surface area contributed by atoms with Crippen LogP contribution in [0.3, 0.4) is 0 Å². The number of carbonyl (C=O) groups is 1. The van der Waals surface area contributed by atoms with Gasteiger partial charge in [-0.15, -0.1) is 0 Å². The van der Waals surface area contributed by atoms with Gasteiger partial charge in [0.1, 0.15) is 0 Å². The largest absolute Gasteiger partial charge is 0.335 e. The van der Waals surface area contributed by atoms with Gasteiger partial charge in [0.05, 0.1) is 12.2 Å². The molecule has 1 aliphatic heterocycles. The minimum Gasteiger partial charge on any atom is -0.335 e. The summed E-state index contributed by atoms with van der Waals surface area (Å²) in [6.45, 7) is 5.65. The van der Waals surface area contributed by atoms with Gasteiger partial charge in [0, 0.05) is 25.7 Å². The second-order valence-corrected chi connectivity index (χ2v) is 5.99. The van der Waals surface area contributed by atoms with E-state index in [1.807, 2.05) is 24.0 Å². The average molecular weight is 297 g/mol. The molecule has 1 aliphatic rings. The second kappa shape index (κ2) is 6.34. The lowest BCUT2D eigenvalue weighted by Crippen LogP contribution is -2.40. The number of fused-ring (bicyclic) bond motifs is 1. The van der Waals surface area contributed by atoms with Gasteiger partial charge in [0.2, 0.25) is 5.91 Å². The molecule has 4 heteroatoms. The van der Waals surface area contributed by atoms with Gasteiger partial charge in [-0.2, -0.15) is 5.10 Å². The molecule has 4 nitrogen and oxygen atoms in total. The van der Waals surface area contributed by atoms with E-state index in [0.29, 0.717) is 13.0 Å². The third kappa shape index (κ3) is 2.91. The highest BCUT2D eigenvalue weighted by Crippen LogP contribution is 2.32. The van der Waals surface area contributed by atoms with Crippen LogP contribution in [0.1, 0.15) is 42.5 Å². The first kappa shape index (κ1) is 14.8. The third-order valence-electron chi connectivity index (χ3n) is 4.44. The molecule has 1 aromatic carbocycles. The molecule has 0 radical (unpaired) electrons. The Morgan fingerprint density at radius 2 is 2.18 bits per heavy atom. The van der Waals surface area contributed by atoms with Gasteiger partial charge in [-0.1, -0.05) is 31.2 Å².